The van der Waals surface area contributed by atoms with Crippen LogP contribution in [0.1, 0.15) is 40.5 Å². The molecule has 2 bridgehead atoms. The quantitative estimate of drug-likeness (QED) is 0.752. The number of carbonyl (C=O) groups excluding carboxylic acids is 1. The second-order valence-corrected chi connectivity index (χ2v) is 6.42. The molecule has 16 heavy (non-hydrogen) atoms. The molecular weight excluding hydrogens is 204 g/mol. The average Bonchev–Trinajstić information content (AvgIpc) is 2.08. The number of alkyl carbamates (subject to hydrolysis) is 1. The molecule has 0 aromatic carbocycles. The van der Waals surface area contributed by atoms with Gasteiger partial charge in [0.25, 0.3) is 0 Å². The van der Waals surface area contributed by atoms with Crippen LogP contribution < -0.4 is 11.1 Å². The summed E-state index contributed by atoms with van der Waals surface area (Å²) in [6, 6.07) is 0. The maximum absolute atomic E-state index is 11.7. The van der Waals surface area contributed by atoms with E-state index in [1.54, 1.807) is 0 Å². The minimum atomic E-state index is -0.428. The molecule has 0 aromatic rings. The molecule has 1 amide bonds. The predicted molar refractivity (Wildman–Crippen MR) is 62.0 cm³/mol. The van der Waals surface area contributed by atoms with Crippen LogP contribution >= 0.6 is 0 Å². The van der Waals surface area contributed by atoms with Gasteiger partial charge in [-0.25, -0.2) is 4.79 Å². The van der Waals surface area contributed by atoms with E-state index < -0.39 is 5.60 Å². The van der Waals surface area contributed by atoms with Crippen LogP contribution in [0.15, 0.2) is 0 Å². The number of nitrogens with two attached hydrogens (primary N) is 1. The van der Waals surface area contributed by atoms with Gasteiger partial charge >= 0.3 is 6.09 Å². The zero-order chi connectivity index (χ0) is 12.2. The highest BCUT2D eigenvalue weighted by molar-refractivity contribution is 5.70. The molecule has 92 valence electrons. The molecule has 3 N–H and O–H groups in total. The fourth-order valence-corrected chi connectivity index (χ4v) is 3.17. The first-order valence-electron chi connectivity index (χ1n) is 5.94. The van der Waals surface area contributed by atoms with E-state index in [1.807, 2.05) is 20.8 Å². The lowest BCUT2D eigenvalue weighted by atomic mass is 9.33. The second kappa shape index (κ2) is 3.13. The number of carbonyl (C=O) groups is 1. The summed E-state index contributed by atoms with van der Waals surface area (Å²) >= 11 is 0. The van der Waals surface area contributed by atoms with Crippen molar-refractivity contribution < 1.29 is 9.53 Å². The first kappa shape index (κ1) is 11.7. The van der Waals surface area contributed by atoms with Gasteiger partial charge in [-0.3, -0.25) is 0 Å². The largest absolute Gasteiger partial charge is 0.444 e. The van der Waals surface area contributed by atoms with E-state index in [1.165, 1.54) is 0 Å². The first-order chi connectivity index (χ1) is 7.23. The van der Waals surface area contributed by atoms with Crippen molar-refractivity contribution in [3.8, 4) is 0 Å². The van der Waals surface area contributed by atoms with E-state index in [9.17, 15) is 4.79 Å². The Balaban J connectivity index is 1.87. The molecule has 3 saturated carbocycles. The Morgan fingerprint density at radius 3 is 2.44 bits per heavy atom. The predicted octanol–water partition coefficient (Wildman–Crippen LogP) is 1.64. The molecule has 0 aromatic heterocycles. The van der Waals surface area contributed by atoms with Crippen LogP contribution in [0.3, 0.4) is 0 Å². The molecule has 3 rings (SSSR count). The SMILES string of the molecule is C[C@H]1C2(CN)CC1(NC(=O)OC(C)(C)C)C2. The van der Waals surface area contributed by atoms with Crippen molar-refractivity contribution in [1.82, 2.24) is 5.32 Å². The fraction of sp³-hybridized carbons (Fsp3) is 0.917. The van der Waals surface area contributed by atoms with Gasteiger partial charge in [0.05, 0.1) is 0 Å². The Labute approximate surface area is 96.9 Å². The van der Waals surface area contributed by atoms with Gasteiger partial charge < -0.3 is 15.8 Å². The van der Waals surface area contributed by atoms with Crippen molar-refractivity contribution >= 4 is 6.09 Å². The summed E-state index contributed by atoms with van der Waals surface area (Å²) < 4.78 is 5.27. The highest BCUT2D eigenvalue weighted by Crippen LogP contribution is 2.70. The molecule has 3 aliphatic carbocycles. The van der Waals surface area contributed by atoms with E-state index in [-0.39, 0.29) is 11.6 Å². The zero-order valence-corrected chi connectivity index (χ0v) is 10.6. The maximum atomic E-state index is 11.7. The fourth-order valence-electron chi connectivity index (χ4n) is 3.17. The molecule has 3 aliphatic rings. The Hall–Kier alpha value is -0.770. The third kappa shape index (κ3) is 1.51. The monoisotopic (exact) mass is 226 g/mol. The Morgan fingerprint density at radius 2 is 2.06 bits per heavy atom. The lowest BCUT2D eigenvalue weighted by molar-refractivity contribution is -0.210. The van der Waals surface area contributed by atoms with Crippen molar-refractivity contribution in [3.05, 3.63) is 0 Å². The normalized spacial score (nSPS) is 40.7. The molecule has 4 nitrogen and oxygen atoms in total. The number of ether oxygens (including phenoxy) is 1. The van der Waals surface area contributed by atoms with Gasteiger partial charge in [-0.15, -0.1) is 0 Å². The average molecular weight is 226 g/mol. The summed E-state index contributed by atoms with van der Waals surface area (Å²) in [5.41, 5.74) is 5.59. The van der Waals surface area contributed by atoms with E-state index in [0.29, 0.717) is 11.3 Å². The van der Waals surface area contributed by atoms with Crippen LogP contribution in [0.25, 0.3) is 0 Å². The van der Waals surface area contributed by atoms with Crippen molar-refractivity contribution in [2.75, 3.05) is 6.54 Å². The van der Waals surface area contributed by atoms with Crippen molar-refractivity contribution in [2.45, 2.75) is 51.7 Å². The molecule has 0 saturated heterocycles. The molecule has 0 spiro atoms. The van der Waals surface area contributed by atoms with Crippen LogP contribution in [0, 0.1) is 11.3 Å². The van der Waals surface area contributed by atoms with Crippen molar-refractivity contribution in [2.24, 2.45) is 17.1 Å². The summed E-state index contributed by atoms with van der Waals surface area (Å²) in [4.78, 5) is 11.7. The van der Waals surface area contributed by atoms with Crippen molar-refractivity contribution in [3.63, 3.8) is 0 Å². The highest BCUT2D eigenvalue weighted by atomic mass is 16.6. The number of nitrogens with one attached hydrogen (secondary N) is 1. The minimum Gasteiger partial charge on any atom is -0.444 e. The van der Waals surface area contributed by atoms with Crippen LogP contribution in [-0.4, -0.2) is 23.8 Å². The molecule has 3 fully saturated rings. The summed E-state index contributed by atoms with van der Waals surface area (Å²) in [5.74, 6) is 0.484. The number of rotatable bonds is 2. The smallest absolute Gasteiger partial charge is 0.408 e. The third-order valence-corrected chi connectivity index (χ3v) is 4.24. The van der Waals surface area contributed by atoms with Gasteiger partial charge in [0, 0.05) is 5.54 Å². The van der Waals surface area contributed by atoms with E-state index in [4.69, 9.17) is 10.5 Å². The number of hydrogen-bond acceptors (Lipinski definition) is 3. The first-order valence-corrected chi connectivity index (χ1v) is 5.94. The molecule has 4 heteroatoms. The molecule has 0 radical (unpaired) electrons. The van der Waals surface area contributed by atoms with Crippen LogP contribution in [0.4, 0.5) is 4.79 Å². The second-order valence-electron chi connectivity index (χ2n) is 6.42. The van der Waals surface area contributed by atoms with Crippen LogP contribution in [0.5, 0.6) is 0 Å². The molecule has 0 aliphatic heterocycles. The van der Waals surface area contributed by atoms with Gasteiger partial charge in [-0.1, -0.05) is 6.92 Å². The molecule has 1 atom stereocenters. The van der Waals surface area contributed by atoms with Crippen molar-refractivity contribution in [1.29, 1.82) is 0 Å². The van der Waals surface area contributed by atoms with Gasteiger partial charge in [-0.05, 0) is 51.5 Å². The van der Waals surface area contributed by atoms with E-state index in [0.717, 1.165) is 19.4 Å². The summed E-state index contributed by atoms with van der Waals surface area (Å²) in [6.45, 7) is 8.52. The Bertz CT molecular complexity index is 313. The summed E-state index contributed by atoms with van der Waals surface area (Å²) in [6.07, 6.45) is 1.72. The topological polar surface area (TPSA) is 64.3 Å². The number of amides is 1. The van der Waals surface area contributed by atoms with Gasteiger partial charge in [0.15, 0.2) is 0 Å². The molecular formula is C12H22N2O2. The lowest BCUT2D eigenvalue weighted by Gasteiger charge is -2.75. The van der Waals surface area contributed by atoms with Gasteiger partial charge in [0.1, 0.15) is 5.60 Å². The van der Waals surface area contributed by atoms with Crippen LogP contribution in [-0.2, 0) is 4.74 Å². The zero-order valence-electron chi connectivity index (χ0n) is 10.6. The minimum absolute atomic E-state index is 0.0261. The maximum Gasteiger partial charge on any atom is 0.408 e. The molecule has 0 unspecified atom stereocenters. The van der Waals surface area contributed by atoms with E-state index in [2.05, 4.69) is 12.2 Å². The number of hydrogen-bond donors (Lipinski definition) is 2. The third-order valence-electron chi connectivity index (χ3n) is 4.24. The lowest BCUT2D eigenvalue weighted by Crippen LogP contribution is -2.82. The summed E-state index contributed by atoms with van der Waals surface area (Å²) in [5, 5.41) is 3.01. The van der Waals surface area contributed by atoms with Crippen LogP contribution in [0.2, 0.25) is 0 Å². The molecule has 0 heterocycles. The Kier molecular flexibility index (Phi) is 2.29. The highest BCUT2D eigenvalue weighted by Gasteiger charge is 2.73. The van der Waals surface area contributed by atoms with Gasteiger partial charge in [-0.2, -0.15) is 0 Å². The van der Waals surface area contributed by atoms with Gasteiger partial charge in [0.2, 0.25) is 0 Å². The van der Waals surface area contributed by atoms with E-state index >= 15 is 0 Å². The summed E-state index contributed by atoms with van der Waals surface area (Å²) in [7, 11) is 0. The standard InChI is InChI=1S/C12H22N2O2/c1-8-11(7-13)5-12(8,6-11)14-9(15)16-10(2,3)4/h8H,5-7,13H2,1-4H3,(H,14,15)/t8-,11?,12?/m0/s1. The Morgan fingerprint density at radius 1 is 1.50 bits per heavy atom.